The van der Waals surface area contributed by atoms with Gasteiger partial charge in [-0.1, -0.05) is 19.8 Å². The predicted octanol–water partition coefficient (Wildman–Crippen LogP) is 5.08. The van der Waals surface area contributed by atoms with Crippen molar-refractivity contribution in [1.29, 1.82) is 0 Å². The van der Waals surface area contributed by atoms with Crippen LogP contribution in [-0.4, -0.2) is 36.8 Å². The van der Waals surface area contributed by atoms with E-state index in [1.54, 1.807) is 0 Å². The lowest BCUT2D eigenvalue weighted by molar-refractivity contribution is -0.0984. The first-order valence-corrected chi connectivity index (χ1v) is 10.5. The molecule has 3 saturated carbocycles. The summed E-state index contributed by atoms with van der Waals surface area (Å²) in [6.07, 6.45) is 6.20. The van der Waals surface area contributed by atoms with Gasteiger partial charge < -0.3 is 9.84 Å². The van der Waals surface area contributed by atoms with E-state index in [1.807, 2.05) is 0 Å². The molecule has 4 heteroatoms. The summed E-state index contributed by atoms with van der Waals surface area (Å²) in [5.41, 5.74) is 0. The summed E-state index contributed by atoms with van der Waals surface area (Å²) in [4.78, 5) is 0. The zero-order chi connectivity index (χ0) is 18.0. The Balaban J connectivity index is 1.49. The number of hydrogen-bond donors (Lipinski definition) is 1. The Morgan fingerprint density at radius 1 is 0.800 bits per heavy atom. The number of aliphatic hydroxyl groups excluding tert-OH is 1. The highest BCUT2D eigenvalue weighted by Gasteiger charge is 2.45. The van der Waals surface area contributed by atoms with Crippen LogP contribution < -0.4 is 0 Å². The third kappa shape index (κ3) is 4.37. The average molecular weight is 359 g/mol. The second-order valence-electron chi connectivity index (χ2n) is 9.09. The van der Waals surface area contributed by atoms with Gasteiger partial charge in [-0.15, -0.1) is 0 Å². The van der Waals surface area contributed by atoms with E-state index >= 15 is 0 Å². The molecule has 3 rings (SSSR count). The zero-order valence-electron chi connectivity index (χ0n) is 15.9. The molecule has 0 bridgehead atoms. The molecule has 0 spiro atoms. The normalized spacial score (nSPS) is 47.4. The van der Waals surface area contributed by atoms with Crippen molar-refractivity contribution in [2.45, 2.75) is 95.7 Å². The van der Waals surface area contributed by atoms with Crippen molar-refractivity contribution < 1.29 is 18.6 Å². The van der Waals surface area contributed by atoms with E-state index in [4.69, 9.17) is 4.74 Å². The fraction of sp³-hybridized carbons (Fsp3) is 1.00. The van der Waals surface area contributed by atoms with Crippen molar-refractivity contribution >= 4 is 0 Å². The molecular weight excluding hydrogens is 322 g/mol. The van der Waals surface area contributed by atoms with Crippen molar-refractivity contribution in [3.8, 4) is 0 Å². The van der Waals surface area contributed by atoms with E-state index < -0.39 is 30.5 Å². The SMILES string of the molecule is COC1CCC(C(O)C2CCC(C3CCC(C)CC3)CC2)C(F)C1F. The average Bonchev–Trinajstić information content (AvgIpc) is 2.64. The predicted molar refractivity (Wildman–Crippen MR) is 95.9 cm³/mol. The first-order chi connectivity index (χ1) is 12.0. The molecule has 0 radical (unpaired) electrons. The van der Waals surface area contributed by atoms with Gasteiger partial charge in [-0.25, -0.2) is 8.78 Å². The maximum atomic E-state index is 14.5. The minimum Gasteiger partial charge on any atom is -0.392 e. The topological polar surface area (TPSA) is 29.5 Å². The van der Waals surface area contributed by atoms with Crippen molar-refractivity contribution in [2.24, 2.45) is 29.6 Å². The molecule has 2 nitrogen and oxygen atoms in total. The molecule has 0 saturated heterocycles. The van der Waals surface area contributed by atoms with Gasteiger partial charge in [0.05, 0.1) is 12.2 Å². The Hall–Kier alpha value is -0.220. The Labute approximate surface area is 151 Å². The Kier molecular flexibility index (Phi) is 6.76. The van der Waals surface area contributed by atoms with Crippen LogP contribution in [0.4, 0.5) is 8.78 Å². The monoisotopic (exact) mass is 358 g/mol. The fourth-order valence-corrected chi connectivity index (χ4v) is 5.79. The largest absolute Gasteiger partial charge is 0.392 e. The first kappa shape index (κ1) is 19.5. The van der Waals surface area contributed by atoms with Crippen LogP contribution in [0.5, 0.6) is 0 Å². The highest BCUT2D eigenvalue weighted by molar-refractivity contribution is 4.94. The molecule has 0 aromatic carbocycles. The molecule has 0 aliphatic heterocycles. The summed E-state index contributed by atoms with van der Waals surface area (Å²) in [5.74, 6) is 2.12. The maximum Gasteiger partial charge on any atom is 0.157 e. The molecule has 146 valence electrons. The molecule has 5 unspecified atom stereocenters. The first-order valence-electron chi connectivity index (χ1n) is 10.5. The zero-order valence-corrected chi connectivity index (χ0v) is 15.9. The van der Waals surface area contributed by atoms with Crippen molar-refractivity contribution in [2.75, 3.05) is 7.11 Å². The van der Waals surface area contributed by atoms with Gasteiger partial charge in [0.25, 0.3) is 0 Å². The summed E-state index contributed by atoms with van der Waals surface area (Å²) >= 11 is 0. The van der Waals surface area contributed by atoms with Gasteiger partial charge in [0.2, 0.25) is 0 Å². The van der Waals surface area contributed by atoms with Gasteiger partial charge in [-0.3, -0.25) is 0 Å². The minimum atomic E-state index is -1.60. The van der Waals surface area contributed by atoms with Gasteiger partial charge in [0.1, 0.15) is 6.17 Å². The molecule has 0 amide bonds. The van der Waals surface area contributed by atoms with Gasteiger partial charge in [-0.05, 0) is 75.0 Å². The molecule has 3 aliphatic carbocycles. The fourth-order valence-electron chi connectivity index (χ4n) is 5.79. The summed E-state index contributed by atoms with van der Waals surface area (Å²) < 4.78 is 33.7. The molecule has 0 aromatic heterocycles. The van der Waals surface area contributed by atoms with E-state index in [2.05, 4.69) is 6.92 Å². The van der Waals surface area contributed by atoms with Crippen LogP contribution in [0.3, 0.4) is 0 Å². The number of methoxy groups -OCH3 is 1. The number of aliphatic hydroxyl groups is 1. The number of alkyl halides is 2. The molecule has 0 heterocycles. The third-order valence-corrected chi connectivity index (χ3v) is 7.62. The molecule has 3 aliphatic rings. The van der Waals surface area contributed by atoms with Crippen LogP contribution in [0, 0.1) is 29.6 Å². The number of hydrogen-bond acceptors (Lipinski definition) is 2. The maximum absolute atomic E-state index is 14.5. The van der Waals surface area contributed by atoms with Crippen LogP contribution in [0.25, 0.3) is 0 Å². The molecule has 25 heavy (non-hydrogen) atoms. The highest BCUT2D eigenvalue weighted by atomic mass is 19.2. The van der Waals surface area contributed by atoms with Gasteiger partial charge >= 0.3 is 0 Å². The molecular formula is C21H36F2O2. The van der Waals surface area contributed by atoms with Crippen molar-refractivity contribution in [3.63, 3.8) is 0 Å². The van der Waals surface area contributed by atoms with Crippen LogP contribution in [0.2, 0.25) is 0 Å². The Bertz CT molecular complexity index is 403. The minimum absolute atomic E-state index is 0.147. The van der Waals surface area contributed by atoms with E-state index in [1.165, 1.54) is 32.8 Å². The number of ether oxygens (including phenoxy) is 1. The number of rotatable bonds is 4. The lowest BCUT2D eigenvalue weighted by atomic mass is 9.66. The lowest BCUT2D eigenvalue weighted by Gasteiger charge is -2.42. The van der Waals surface area contributed by atoms with Crippen LogP contribution in [-0.2, 0) is 4.74 Å². The molecule has 5 atom stereocenters. The summed E-state index contributed by atoms with van der Waals surface area (Å²) in [7, 11) is 1.44. The summed E-state index contributed by atoms with van der Waals surface area (Å²) in [6.45, 7) is 2.35. The van der Waals surface area contributed by atoms with E-state index in [9.17, 15) is 13.9 Å². The molecule has 0 aromatic rings. The quantitative estimate of drug-likeness (QED) is 0.759. The van der Waals surface area contributed by atoms with E-state index in [0.29, 0.717) is 12.8 Å². The van der Waals surface area contributed by atoms with Crippen LogP contribution in [0.15, 0.2) is 0 Å². The highest BCUT2D eigenvalue weighted by Crippen LogP contribution is 2.44. The second kappa shape index (κ2) is 8.65. The Morgan fingerprint density at radius 3 is 1.92 bits per heavy atom. The molecule has 1 N–H and O–H groups in total. The van der Waals surface area contributed by atoms with Crippen molar-refractivity contribution in [3.05, 3.63) is 0 Å². The smallest absolute Gasteiger partial charge is 0.157 e. The van der Waals surface area contributed by atoms with Crippen LogP contribution in [0.1, 0.15) is 71.1 Å². The lowest BCUT2D eigenvalue weighted by Crippen LogP contribution is -2.48. The van der Waals surface area contributed by atoms with Crippen molar-refractivity contribution in [1.82, 2.24) is 0 Å². The Morgan fingerprint density at radius 2 is 1.36 bits per heavy atom. The van der Waals surface area contributed by atoms with E-state index in [-0.39, 0.29) is 5.92 Å². The van der Waals surface area contributed by atoms with Gasteiger partial charge in [0, 0.05) is 13.0 Å². The third-order valence-electron chi connectivity index (χ3n) is 7.62. The van der Waals surface area contributed by atoms with Gasteiger partial charge in [0.15, 0.2) is 6.17 Å². The standard InChI is InChI=1S/C21H36F2O2/c1-13-3-5-14(6-4-13)15-7-9-16(10-8-15)21(24)17-11-12-18(25-2)20(23)19(17)22/h13-21,24H,3-12H2,1-2H3. The van der Waals surface area contributed by atoms with E-state index in [0.717, 1.165) is 43.4 Å². The second-order valence-corrected chi connectivity index (χ2v) is 9.09. The molecule has 3 fully saturated rings. The summed E-state index contributed by atoms with van der Waals surface area (Å²) in [6, 6.07) is 0. The van der Waals surface area contributed by atoms with Crippen LogP contribution >= 0.6 is 0 Å². The van der Waals surface area contributed by atoms with Gasteiger partial charge in [-0.2, -0.15) is 0 Å². The number of halogens is 2. The summed E-state index contributed by atoms with van der Waals surface area (Å²) in [5, 5.41) is 10.7.